The highest BCUT2D eigenvalue weighted by atomic mass is 16.1. The number of pyridine rings is 1. The molecule has 1 heterocycles. The lowest BCUT2D eigenvalue weighted by molar-refractivity contribution is 0.420. The van der Waals surface area contributed by atoms with E-state index >= 15 is 0 Å². The first-order valence-electron chi connectivity index (χ1n) is 7.07. The van der Waals surface area contributed by atoms with Crippen LogP contribution in [-0.4, -0.2) is 11.6 Å². The quantitative estimate of drug-likeness (QED) is 0.888. The molecule has 0 radical (unpaired) electrons. The number of aromatic nitrogens is 1. The summed E-state index contributed by atoms with van der Waals surface area (Å²) in [6.45, 7) is 5.25. The van der Waals surface area contributed by atoms with Crippen LogP contribution in [0.2, 0.25) is 0 Å². The Morgan fingerprint density at radius 1 is 1.50 bits per heavy atom. The molecule has 1 aliphatic rings. The van der Waals surface area contributed by atoms with Crippen molar-refractivity contribution in [1.29, 1.82) is 0 Å². The predicted octanol–water partition coefficient (Wildman–Crippen LogP) is 2.49. The topological polar surface area (TPSA) is 34.0 Å². The maximum Gasteiger partial charge on any atom is 0.250 e. The van der Waals surface area contributed by atoms with Crippen molar-refractivity contribution in [2.75, 3.05) is 7.05 Å². The molecule has 1 N–H and O–H groups in total. The van der Waals surface area contributed by atoms with E-state index in [9.17, 15) is 4.79 Å². The minimum absolute atomic E-state index is 0.158. The molecule has 2 rings (SSSR count). The minimum atomic E-state index is 0.158. The third-order valence-electron chi connectivity index (χ3n) is 4.15. The van der Waals surface area contributed by atoms with Crippen molar-refractivity contribution in [3.8, 4) is 0 Å². The molecular formula is C15H24N2O. The molecule has 18 heavy (non-hydrogen) atoms. The summed E-state index contributed by atoms with van der Waals surface area (Å²) in [6, 6.07) is 4.17. The van der Waals surface area contributed by atoms with Gasteiger partial charge in [-0.1, -0.05) is 26.3 Å². The normalized spacial score (nSPS) is 20.5. The molecule has 0 aromatic carbocycles. The van der Waals surface area contributed by atoms with Gasteiger partial charge >= 0.3 is 0 Å². The summed E-state index contributed by atoms with van der Waals surface area (Å²) in [5, 5.41) is 3.36. The molecule has 0 saturated heterocycles. The molecule has 0 aliphatic heterocycles. The average Bonchev–Trinajstić information content (AvgIpc) is 2.40. The minimum Gasteiger partial charge on any atom is -0.313 e. The zero-order valence-electron chi connectivity index (χ0n) is 11.7. The molecule has 0 bridgehead atoms. The van der Waals surface area contributed by atoms with Gasteiger partial charge in [0.05, 0.1) is 0 Å². The Balaban J connectivity index is 2.42. The standard InChI is InChI=1S/C15H24N2O/c1-4-11(2)10-17-14-7-5-6-13(16-3)12(14)8-9-15(17)18/h8-9,11,13,16H,4-7,10H2,1-3H3. The summed E-state index contributed by atoms with van der Waals surface area (Å²) in [6.07, 6.45) is 4.50. The Morgan fingerprint density at radius 2 is 2.28 bits per heavy atom. The van der Waals surface area contributed by atoms with Crippen molar-refractivity contribution >= 4 is 0 Å². The van der Waals surface area contributed by atoms with Gasteiger partial charge in [-0.3, -0.25) is 4.79 Å². The molecule has 2 unspecified atom stereocenters. The molecule has 3 nitrogen and oxygen atoms in total. The van der Waals surface area contributed by atoms with Crippen LogP contribution in [0.15, 0.2) is 16.9 Å². The molecule has 1 aromatic heterocycles. The molecule has 0 amide bonds. The second-order valence-electron chi connectivity index (χ2n) is 5.43. The van der Waals surface area contributed by atoms with Crippen LogP contribution in [0, 0.1) is 5.92 Å². The Kier molecular flexibility index (Phi) is 4.23. The summed E-state index contributed by atoms with van der Waals surface area (Å²) < 4.78 is 2.01. The lowest BCUT2D eigenvalue weighted by atomic mass is 9.90. The molecule has 1 aromatic rings. The number of fused-ring (bicyclic) bond motifs is 1. The number of hydrogen-bond acceptors (Lipinski definition) is 2. The molecule has 1 aliphatic carbocycles. The summed E-state index contributed by atoms with van der Waals surface area (Å²) in [4.78, 5) is 12.1. The van der Waals surface area contributed by atoms with Crippen molar-refractivity contribution in [2.45, 2.75) is 52.1 Å². The van der Waals surface area contributed by atoms with Crippen LogP contribution in [0.5, 0.6) is 0 Å². The highest BCUT2D eigenvalue weighted by molar-refractivity contribution is 5.27. The number of nitrogens with zero attached hydrogens (tertiary/aromatic N) is 1. The number of rotatable bonds is 4. The van der Waals surface area contributed by atoms with E-state index in [1.807, 2.05) is 17.7 Å². The molecule has 2 atom stereocenters. The van der Waals surface area contributed by atoms with Gasteiger partial charge in [-0.2, -0.15) is 0 Å². The Labute approximate surface area is 109 Å². The molecule has 0 saturated carbocycles. The summed E-state index contributed by atoms with van der Waals surface area (Å²) in [5.74, 6) is 0.559. The van der Waals surface area contributed by atoms with Gasteiger partial charge in [0.15, 0.2) is 0 Å². The highest BCUT2D eigenvalue weighted by Gasteiger charge is 2.22. The van der Waals surface area contributed by atoms with Crippen LogP contribution >= 0.6 is 0 Å². The van der Waals surface area contributed by atoms with Gasteiger partial charge in [-0.05, 0) is 37.8 Å². The predicted molar refractivity (Wildman–Crippen MR) is 74.9 cm³/mol. The van der Waals surface area contributed by atoms with Crippen LogP contribution in [0.4, 0.5) is 0 Å². The van der Waals surface area contributed by atoms with Crippen LogP contribution in [-0.2, 0) is 13.0 Å². The van der Waals surface area contributed by atoms with E-state index in [1.165, 1.54) is 24.1 Å². The van der Waals surface area contributed by atoms with Gasteiger partial charge < -0.3 is 9.88 Å². The lowest BCUT2D eigenvalue weighted by Gasteiger charge is -2.28. The highest BCUT2D eigenvalue weighted by Crippen LogP contribution is 2.28. The zero-order chi connectivity index (χ0) is 13.1. The van der Waals surface area contributed by atoms with Crippen LogP contribution in [0.3, 0.4) is 0 Å². The number of hydrogen-bond donors (Lipinski definition) is 1. The molecular weight excluding hydrogens is 224 g/mol. The SMILES string of the molecule is CCC(C)Cn1c2c(ccc1=O)C(NC)CCC2. The summed E-state index contributed by atoms with van der Waals surface area (Å²) in [5.41, 5.74) is 2.74. The second-order valence-corrected chi connectivity index (χ2v) is 5.43. The van der Waals surface area contributed by atoms with Gasteiger partial charge in [0.1, 0.15) is 0 Å². The first-order chi connectivity index (χ1) is 8.67. The van der Waals surface area contributed by atoms with E-state index in [1.54, 1.807) is 6.07 Å². The van der Waals surface area contributed by atoms with Crippen LogP contribution in [0.1, 0.15) is 50.4 Å². The molecule has 100 valence electrons. The number of nitrogens with one attached hydrogen (secondary N) is 1. The fraction of sp³-hybridized carbons (Fsp3) is 0.667. The monoisotopic (exact) mass is 248 g/mol. The van der Waals surface area contributed by atoms with Gasteiger partial charge in [-0.15, -0.1) is 0 Å². The van der Waals surface area contributed by atoms with Gasteiger partial charge in [0, 0.05) is 24.3 Å². The van der Waals surface area contributed by atoms with Crippen molar-refractivity contribution in [3.05, 3.63) is 33.7 Å². The van der Waals surface area contributed by atoms with E-state index in [0.29, 0.717) is 12.0 Å². The average molecular weight is 248 g/mol. The Hall–Kier alpha value is -1.09. The lowest BCUT2D eigenvalue weighted by Crippen LogP contribution is -2.31. The fourth-order valence-electron chi connectivity index (χ4n) is 2.80. The summed E-state index contributed by atoms with van der Waals surface area (Å²) >= 11 is 0. The van der Waals surface area contributed by atoms with Crippen molar-refractivity contribution in [1.82, 2.24) is 9.88 Å². The molecule has 3 heteroatoms. The van der Waals surface area contributed by atoms with Gasteiger partial charge in [0.2, 0.25) is 0 Å². The van der Waals surface area contributed by atoms with E-state index in [-0.39, 0.29) is 5.56 Å². The fourth-order valence-corrected chi connectivity index (χ4v) is 2.80. The molecule has 0 fully saturated rings. The first kappa shape index (κ1) is 13.3. The second kappa shape index (κ2) is 5.70. The van der Waals surface area contributed by atoms with Crippen LogP contribution < -0.4 is 10.9 Å². The third kappa shape index (κ3) is 2.51. The zero-order valence-corrected chi connectivity index (χ0v) is 11.7. The smallest absolute Gasteiger partial charge is 0.250 e. The van der Waals surface area contributed by atoms with Gasteiger partial charge in [0.25, 0.3) is 5.56 Å². The van der Waals surface area contributed by atoms with E-state index in [0.717, 1.165) is 19.4 Å². The van der Waals surface area contributed by atoms with Crippen molar-refractivity contribution in [2.24, 2.45) is 5.92 Å². The Bertz CT molecular complexity index is 464. The van der Waals surface area contributed by atoms with E-state index in [2.05, 4.69) is 19.2 Å². The van der Waals surface area contributed by atoms with Crippen molar-refractivity contribution in [3.63, 3.8) is 0 Å². The Morgan fingerprint density at radius 3 is 2.94 bits per heavy atom. The maximum absolute atomic E-state index is 12.1. The maximum atomic E-state index is 12.1. The molecule has 0 spiro atoms. The van der Waals surface area contributed by atoms with E-state index < -0.39 is 0 Å². The van der Waals surface area contributed by atoms with Gasteiger partial charge in [-0.25, -0.2) is 0 Å². The van der Waals surface area contributed by atoms with Crippen LogP contribution in [0.25, 0.3) is 0 Å². The largest absolute Gasteiger partial charge is 0.313 e. The summed E-state index contributed by atoms with van der Waals surface area (Å²) in [7, 11) is 2.00. The first-order valence-corrected chi connectivity index (χ1v) is 7.07. The van der Waals surface area contributed by atoms with E-state index in [4.69, 9.17) is 0 Å². The third-order valence-corrected chi connectivity index (χ3v) is 4.15. The van der Waals surface area contributed by atoms with Crippen molar-refractivity contribution < 1.29 is 0 Å².